The molecule has 2 aromatic rings. The number of Topliss-reactive ketones (excluding diaryl/α,β-unsaturated/α-hetero) is 1. The number of rotatable bonds is 7. The van der Waals surface area contributed by atoms with Crippen LogP contribution in [-0.4, -0.2) is 49.8 Å². The molecule has 1 aromatic carbocycles. The number of hydrogen-bond acceptors (Lipinski definition) is 6. The van der Waals surface area contributed by atoms with Crippen molar-refractivity contribution in [2.75, 3.05) is 20.2 Å². The van der Waals surface area contributed by atoms with Crippen LogP contribution in [0.3, 0.4) is 0 Å². The second kappa shape index (κ2) is 8.38. The molecule has 156 valence electrons. The molecular weight excluding hydrogens is 398 g/mol. The molecule has 29 heavy (non-hydrogen) atoms. The maximum Gasteiger partial charge on any atom is 0.371 e. The number of carbonyl (C=O) groups excluding carboxylic acids is 1. The molecule has 0 bridgehead atoms. The minimum Gasteiger partial charge on any atom is -0.497 e. The summed E-state index contributed by atoms with van der Waals surface area (Å²) in [7, 11) is -2.47. The number of aryl methyl sites for hydroxylation is 1. The number of sulfonamides is 1. The van der Waals surface area contributed by atoms with Crippen LogP contribution in [0.2, 0.25) is 0 Å². The average Bonchev–Trinajstić information content (AvgIpc) is 3.19. The zero-order chi connectivity index (χ0) is 21.2. The monoisotopic (exact) mass is 421 g/mol. The van der Waals surface area contributed by atoms with Crippen molar-refractivity contribution >= 4 is 21.8 Å². The third-order valence-electron chi connectivity index (χ3n) is 5.03. The Bertz CT molecular complexity index is 1030. The number of benzene rings is 1. The largest absolute Gasteiger partial charge is 0.497 e. The van der Waals surface area contributed by atoms with Gasteiger partial charge in [-0.2, -0.15) is 4.31 Å². The van der Waals surface area contributed by atoms with Gasteiger partial charge in [0.1, 0.15) is 16.4 Å². The fourth-order valence-corrected chi connectivity index (χ4v) is 5.26. The predicted octanol–water partition coefficient (Wildman–Crippen LogP) is 2.83. The molecule has 1 N–H and O–H groups in total. The van der Waals surface area contributed by atoms with Gasteiger partial charge in [-0.15, -0.1) is 0 Å². The van der Waals surface area contributed by atoms with Gasteiger partial charge in [0.15, 0.2) is 5.78 Å². The van der Waals surface area contributed by atoms with Crippen molar-refractivity contribution in [3.63, 3.8) is 0 Å². The third kappa shape index (κ3) is 4.20. The Morgan fingerprint density at radius 3 is 2.72 bits per heavy atom. The SMILES string of the molecule is CCc1oc(C(=O)O)cc1S(=O)(=O)N1CCCC(C(=O)c2cccc(OC)c2)C1. The Balaban J connectivity index is 1.86. The van der Waals surface area contributed by atoms with E-state index in [1.807, 2.05) is 0 Å². The molecule has 1 atom stereocenters. The van der Waals surface area contributed by atoms with E-state index in [1.54, 1.807) is 31.2 Å². The highest BCUT2D eigenvalue weighted by Crippen LogP contribution is 2.30. The normalized spacial score (nSPS) is 17.8. The Kier molecular flexibility index (Phi) is 6.09. The van der Waals surface area contributed by atoms with Gasteiger partial charge in [0, 0.05) is 37.1 Å². The quantitative estimate of drug-likeness (QED) is 0.684. The van der Waals surface area contributed by atoms with Crippen molar-refractivity contribution in [3.8, 4) is 5.75 Å². The van der Waals surface area contributed by atoms with E-state index in [9.17, 15) is 18.0 Å². The lowest BCUT2D eigenvalue weighted by Gasteiger charge is -2.31. The number of carboxylic acids is 1. The number of carboxylic acid groups (broad SMARTS) is 1. The standard InChI is InChI=1S/C20H23NO7S/c1-3-16-18(11-17(28-16)20(23)24)29(25,26)21-9-5-7-14(12-21)19(22)13-6-4-8-15(10-13)27-2/h4,6,8,10-11,14H,3,5,7,9,12H2,1-2H3,(H,23,24). The third-order valence-corrected chi connectivity index (χ3v) is 6.94. The van der Waals surface area contributed by atoms with Crippen molar-refractivity contribution in [1.29, 1.82) is 0 Å². The van der Waals surface area contributed by atoms with Gasteiger partial charge < -0.3 is 14.3 Å². The average molecular weight is 421 g/mol. The second-order valence-electron chi connectivity index (χ2n) is 6.86. The Morgan fingerprint density at radius 1 is 1.31 bits per heavy atom. The van der Waals surface area contributed by atoms with Gasteiger partial charge in [0.2, 0.25) is 15.8 Å². The van der Waals surface area contributed by atoms with Gasteiger partial charge >= 0.3 is 5.97 Å². The summed E-state index contributed by atoms with van der Waals surface area (Å²) in [5, 5.41) is 9.12. The molecule has 1 aromatic heterocycles. The van der Waals surface area contributed by atoms with E-state index in [0.717, 1.165) is 6.07 Å². The maximum atomic E-state index is 13.1. The summed E-state index contributed by atoms with van der Waals surface area (Å²) >= 11 is 0. The molecule has 1 unspecified atom stereocenters. The molecule has 9 heteroatoms. The van der Waals surface area contributed by atoms with E-state index in [1.165, 1.54) is 11.4 Å². The molecular formula is C20H23NO7S. The van der Waals surface area contributed by atoms with Crippen LogP contribution >= 0.6 is 0 Å². The summed E-state index contributed by atoms with van der Waals surface area (Å²) < 4.78 is 37.9. The Hall–Kier alpha value is -2.65. The van der Waals surface area contributed by atoms with Crippen LogP contribution in [0.1, 0.15) is 46.4 Å². The number of nitrogens with zero attached hydrogens (tertiary/aromatic N) is 1. The molecule has 1 aliphatic heterocycles. The highest BCUT2D eigenvalue weighted by molar-refractivity contribution is 7.89. The van der Waals surface area contributed by atoms with Crippen LogP contribution in [0.5, 0.6) is 5.75 Å². The molecule has 2 heterocycles. The van der Waals surface area contributed by atoms with Crippen molar-refractivity contribution in [3.05, 3.63) is 47.4 Å². The molecule has 1 fully saturated rings. The Labute approximate surface area is 169 Å². The second-order valence-corrected chi connectivity index (χ2v) is 8.76. The summed E-state index contributed by atoms with van der Waals surface area (Å²) in [6, 6.07) is 7.82. The summed E-state index contributed by atoms with van der Waals surface area (Å²) in [4.78, 5) is 24.0. The first kappa shape index (κ1) is 21.1. The van der Waals surface area contributed by atoms with Gasteiger partial charge in [-0.25, -0.2) is 13.2 Å². The molecule has 1 saturated heterocycles. The topological polar surface area (TPSA) is 114 Å². The minimum absolute atomic E-state index is 0.0368. The highest BCUT2D eigenvalue weighted by Gasteiger charge is 2.36. The van der Waals surface area contributed by atoms with Gasteiger partial charge in [0.25, 0.3) is 0 Å². The molecule has 0 amide bonds. The van der Waals surface area contributed by atoms with Gasteiger partial charge in [-0.05, 0) is 25.0 Å². The van der Waals surface area contributed by atoms with E-state index in [0.29, 0.717) is 24.2 Å². The first-order valence-corrected chi connectivity index (χ1v) is 10.8. The minimum atomic E-state index is -3.98. The number of hydrogen-bond donors (Lipinski definition) is 1. The molecule has 1 aliphatic rings. The molecule has 0 saturated carbocycles. The lowest BCUT2D eigenvalue weighted by atomic mass is 9.91. The van der Waals surface area contributed by atoms with Crippen LogP contribution in [0.15, 0.2) is 39.6 Å². The van der Waals surface area contributed by atoms with Crippen molar-refractivity contribution in [1.82, 2.24) is 4.31 Å². The lowest BCUT2D eigenvalue weighted by Crippen LogP contribution is -2.42. The summed E-state index contributed by atoms with van der Waals surface area (Å²) in [5.41, 5.74) is 0.472. The van der Waals surface area contributed by atoms with Crippen LogP contribution in [0, 0.1) is 5.92 Å². The van der Waals surface area contributed by atoms with E-state index in [2.05, 4.69) is 0 Å². The number of carbonyl (C=O) groups is 2. The number of ketones is 1. The van der Waals surface area contributed by atoms with Crippen molar-refractivity contribution in [2.24, 2.45) is 5.92 Å². The number of aromatic carboxylic acids is 1. The first-order chi connectivity index (χ1) is 13.8. The zero-order valence-electron chi connectivity index (χ0n) is 16.3. The van der Waals surface area contributed by atoms with Crippen molar-refractivity contribution in [2.45, 2.75) is 31.1 Å². The molecule has 0 radical (unpaired) electrons. The van der Waals surface area contributed by atoms with Crippen LogP contribution < -0.4 is 4.74 Å². The van der Waals surface area contributed by atoms with E-state index in [-0.39, 0.29) is 35.9 Å². The van der Waals surface area contributed by atoms with E-state index < -0.39 is 27.7 Å². The van der Waals surface area contributed by atoms with Crippen LogP contribution in [0.4, 0.5) is 0 Å². The highest BCUT2D eigenvalue weighted by atomic mass is 32.2. The fourth-order valence-electron chi connectivity index (χ4n) is 3.51. The first-order valence-electron chi connectivity index (χ1n) is 9.32. The fraction of sp³-hybridized carbons (Fsp3) is 0.400. The number of ether oxygens (including phenoxy) is 1. The number of methoxy groups -OCH3 is 1. The summed E-state index contributed by atoms with van der Waals surface area (Å²) in [6.07, 6.45) is 1.35. The van der Waals surface area contributed by atoms with Crippen molar-refractivity contribution < 1.29 is 32.3 Å². The smallest absolute Gasteiger partial charge is 0.371 e. The van der Waals surface area contributed by atoms with E-state index in [4.69, 9.17) is 14.3 Å². The van der Waals surface area contributed by atoms with E-state index >= 15 is 0 Å². The summed E-state index contributed by atoms with van der Waals surface area (Å²) in [5.74, 6) is -1.71. The molecule has 3 rings (SSSR count). The molecule has 8 nitrogen and oxygen atoms in total. The maximum absolute atomic E-state index is 13.1. The summed E-state index contributed by atoms with van der Waals surface area (Å²) in [6.45, 7) is 1.99. The van der Waals surface area contributed by atoms with Crippen LogP contribution in [-0.2, 0) is 16.4 Å². The Morgan fingerprint density at radius 2 is 2.07 bits per heavy atom. The molecule has 0 aliphatic carbocycles. The van der Waals surface area contributed by atoms with Gasteiger partial charge in [-0.1, -0.05) is 19.1 Å². The zero-order valence-corrected chi connectivity index (χ0v) is 17.1. The number of piperidine rings is 1. The lowest BCUT2D eigenvalue weighted by molar-refractivity contribution is 0.0660. The number of furan rings is 1. The van der Waals surface area contributed by atoms with Gasteiger partial charge in [-0.3, -0.25) is 4.79 Å². The van der Waals surface area contributed by atoms with Gasteiger partial charge in [0.05, 0.1) is 7.11 Å². The molecule has 0 spiro atoms. The predicted molar refractivity (Wildman–Crippen MR) is 104 cm³/mol. The van der Waals surface area contributed by atoms with Crippen LogP contribution in [0.25, 0.3) is 0 Å².